The quantitative estimate of drug-likeness (QED) is 0.676. The van der Waals surface area contributed by atoms with Crippen molar-refractivity contribution in [2.75, 3.05) is 5.73 Å². The van der Waals surface area contributed by atoms with Crippen LogP contribution in [0, 0.1) is 10.1 Å². The summed E-state index contributed by atoms with van der Waals surface area (Å²) in [5.74, 6) is 0.366. The highest BCUT2D eigenvalue weighted by atomic mass is 79.9. The van der Waals surface area contributed by atoms with Crippen LogP contribution in [0.2, 0.25) is 5.02 Å². The van der Waals surface area contributed by atoms with Crippen LogP contribution in [-0.2, 0) is 0 Å². The number of ether oxygens (including phenoxy) is 1. The average Bonchev–Trinajstić information content (AvgIpc) is 2.34. The molecule has 2 rings (SSSR count). The molecule has 0 aliphatic heterocycles. The number of pyridine rings is 1. The summed E-state index contributed by atoms with van der Waals surface area (Å²) in [4.78, 5) is 14.1. The minimum atomic E-state index is -0.533. The largest absolute Gasteiger partial charge is 0.436 e. The topological polar surface area (TPSA) is 91.3 Å². The van der Waals surface area contributed by atoms with Crippen molar-refractivity contribution in [1.82, 2.24) is 4.98 Å². The number of nitrogens with zero attached hydrogens (tertiary/aromatic N) is 2. The maximum Gasteiger partial charge on any atom is 0.273 e. The van der Waals surface area contributed by atoms with Gasteiger partial charge < -0.3 is 10.5 Å². The number of halogens is 2. The van der Waals surface area contributed by atoms with E-state index in [1.165, 1.54) is 24.4 Å². The molecular formula is C11H7BrClN3O3. The Balaban J connectivity index is 2.37. The van der Waals surface area contributed by atoms with Crippen LogP contribution < -0.4 is 10.5 Å². The van der Waals surface area contributed by atoms with E-state index >= 15 is 0 Å². The Morgan fingerprint density at radius 1 is 1.42 bits per heavy atom. The van der Waals surface area contributed by atoms with Gasteiger partial charge in [0.05, 0.1) is 32.4 Å². The lowest BCUT2D eigenvalue weighted by molar-refractivity contribution is -0.384. The zero-order valence-electron chi connectivity index (χ0n) is 9.34. The first-order chi connectivity index (χ1) is 8.97. The Morgan fingerprint density at radius 3 is 2.79 bits per heavy atom. The number of aromatic nitrogens is 1. The summed E-state index contributed by atoms with van der Waals surface area (Å²) < 4.78 is 5.96. The summed E-state index contributed by atoms with van der Waals surface area (Å²) in [6.45, 7) is 0. The molecule has 0 radical (unpaired) electrons. The Hall–Kier alpha value is -1.86. The molecule has 2 N–H and O–H groups in total. The van der Waals surface area contributed by atoms with Gasteiger partial charge in [-0.25, -0.2) is 4.98 Å². The van der Waals surface area contributed by atoms with Crippen molar-refractivity contribution in [2.24, 2.45) is 0 Å². The summed E-state index contributed by atoms with van der Waals surface area (Å²) in [7, 11) is 0. The van der Waals surface area contributed by atoms with Crippen molar-refractivity contribution in [3.63, 3.8) is 0 Å². The Morgan fingerprint density at radius 2 is 2.16 bits per heavy atom. The average molecular weight is 345 g/mol. The third-order valence-corrected chi connectivity index (χ3v) is 3.04. The van der Waals surface area contributed by atoms with Crippen LogP contribution >= 0.6 is 27.5 Å². The van der Waals surface area contributed by atoms with E-state index in [1.807, 2.05) is 0 Å². The molecule has 0 amide bonds. The smallest absolute Gasteiger partial charge is 0.273 e. The highest BCUT2D eigenvalue weighted by Gasteiger charge is 2.13. The number of nitro groups is 1. The van der Waals surface area contributed by atoms with Crippen molar-refractivity contribution in [2.45, 2.75) is 0 Å². The van der Waals surface area contributed by atoms with E-state index in [2.05, 4.69) is 20.9 Å². The second-order valence-electron chi connectivity index (χ2n) is 3.53. The van der Waals surface area contributed by atoms with Crippen LogP contribution in [0.5, 0.6) is 11.6 Å². The molecule has 0 saturated carbocycles. The van der Waals surface area contributed by atoms with E-state index in [1.54, 1.807) is 6.07 Å². The van der Waals surface area contributed by atoms with Crippen LogP contribution in [-0.4, -0.2) is 9.91 Å². The lowest BCUT2D eigenvalue weighted by Gasteiger charge is -2.08. The maximum absolute atomic E-state index is 10.7. The van der Waals surface area contributed by atoms with Gasteiger partial charge in [0.2, 0.25) is 5.88 Å². The van der Waals surface area contributed by atoms with Gasteiger partial charge in [-0.2, -0.15) is 0 Å². The van der Waals surface area contributed by atoms with Gasteiger partial charge in [0.15, 0.2) is 5.75 Å². The van der Waals surface area contributed by atoms with Gasteiger partial charge in [0.1, 0.15) is 0 Å². The molecule has 0 saturated heterocycles. The number of nitrogens with two attached hydrogens (primary N) is 1. The molecule has 0 bridgehead atoms. The van der Waals surface area contributed by atoms with Crippen molar-refractivity contribution in [1.29, 1.82) is 0 Å². The van der Waals surface area contributed by atoms with E-state index < -0.39 is 4.92 Å². The van der Waals surface area contributed by atoms with Gasteiger partial charge in [-0.1, -0.05) is 11.6 Å². The molecular weight excluding hydrogens is 337 g/mol. The summed E-state index contributed by atoms with van der Waals surface area (Å²) in [5, 5.41) is 10.9. The van der Waals surface area contributed by atoms with Crippen LogP contribution in [0.25, 0.3) is 0 Å². The van der Waals surface area contributed by atoms with E-state index in [9.17, 15) is 10.1 Å². The Bertz CT molecular complexity index is 651. The molecule has 2 aromatic rings. The van der Waals surface area contributed by atoms with Crippen molar-refractivity contribution < 1.29 is 9.66 Å². The third kappa shape index (κ3) is 3.12. The monoisotopic (exact) mass is 343 g/mol. The first kappa shape index (κ1) is 13.6. The fourth-order valence-electron chi connectivity index (χ4n) is 1.30. The minimum absolute atomic E-state index is 0.119. The zero-order chi connectivity index (χ0) is 14.0. The normalized spacial score (nSPS) is 10.2. The first-order valence-corrected chi connectivity index (χ1v) is 6.17. The van der Waals surface area contributed by atoms with Crippen LogP contribution in [0.1, 0.15) is 0 Å². The van der Waals surface area contributed by atoms with Crippen LogP contribution in [0.4, 0.5) is 11.4 Å². The molecule has 1 heterocycles. The lowest BCUT2D eigenvalue weighted by Crippen LogP contribution is -1.94. The number of rotatable bonds is 3. The molecule has 0 aliphatic rings. The number of anilines is 1. The summed E-state index contributed by atoms with van der Waals surface area (Å²) in [6, 6.07) is 5.52. The summed E-state index contributed by atoms with van der Waals surface area (Å²) in [6.07, 6.45) is 1.41. The number of nitrogen functional groups attached to an aromatic ring is 1. The lowest BCUT2D eigenvalue weighted by atomic mass is 10.3. The molecule has 1 aromatic heterocycles. The van der Waals surface area contributed by atoms with Gasteiger partial charge in [0, 0.05) is 6.07 Å². The summed E-state index contributed by atoms with van der Waals surface area (Å²) >= 11 is 9.15. The number of non-ortho nitro benzene ring substituents is 1. The predicted molar refractivity (Wildman–Crippen MR) is 74.5 cm³/mol. The van der Waals surface area contributed by atoms with Gasteiger partial charge in [-0.05, 0) is 28.1 Å². The minimum Gasteiger partial charge on any atom is -0.436 e. The molecule has 0 atom stereocenters. The maximum atomic E-state index is 10.7. The number of hydrogen-bond acceptors (Lipinski definition) is 5. The summed E-state index contributed by atoms with van der Waals surface area (Å²) in [5.41, 5.74) is 5.89. The Kier molecular flexibility index (Phi) is 3.87. The van der Waals surface area contributed by atoms with Gasteiger partial charge in [-0.3, -0.25) is 10.1 Å². The van der Waals surface area contributed by atoms with Crippen LogP contribution in [0.3, 0.4) is 0 Å². The highest BCUT2D eigenvalue weighted by Crippen LogP contribution is 2.35. The fourth-order valence-corrected chi connectivity index (χ4v) is 1.91. The van der Waals surface area contributed by atoms with Gasteiger partial charge in [0.25, 0.3) is 5.69 Å². The molecule has 1 aromatic carbocycles. The fraction of sp³-hybridized carbons (Fsp3) is 0. The highest BCUT2D eigenvalue weighted by molar-refractivity contribution is 9.10. The van der Waals surface area contributed by atoms with Crippen LogP contribution in [0.15, 0.2) is 34.9 Å². The zero-order valence-corrected chi connectivity index (χ0v) is 11.7. The van der Waals surface area contributed by atoms with E-state index in [-0.39, 0.29) is 22.3 Å². The van der Waals surface area contributed by atoms with E-state index in [0.717, 1.165) is 0 Å². The van der Waals surface area contributed by atoms with Crippen molar-refractivity contribution in [3.8, 4) is 11.6 Å². The third-order valence-electron chi connectivity index (χ3n) is 2.16. The number of benzene rings is 1. The van der Waals surface area contributed by atoms with Crippen molar-refractivity contribution >= 4 is 38.9 Å². The molecule has 0 fully saturated rings. The van der Waals surface area contributed by atoms with Gasteiger partial charge >= 0.3 is 0 Å². The van der Waals surface area contributed by atoms with Crippen molar-refractivity contribution in [3.05, 3.63) is 50.1 Å². The van der Waals surface area contributed by atoms with E-state index in [0.29, 0.717) is 10.2 Å². The number of hydrogen-bond donors (Lipinski definition) is 1. The molecule has 0 unspecified atom stereocenters. The van der Waals surface area contributed by atoms with Gasteiger partial charge in [-0.15, -0.1) is 0 Å². The molecule has 98 valence electrons. The molecule has 6 nitrogen and oxygen atoms in total. The molecule has 19 heavy (non-hydrogen) atoms. The molecule has 0 aliphatic carbocycles. The second-order valence-corrected chi connectivity index (χ2v) is 4.79. The SMILES string of the molecule is Nc1cnc(Oc2cc([N+](=O)[O-])ccc2Cl)c(Br)c1. The Labute approximate surface area is 121 Å². The standard InChI is InChI=1S/C11H7BrClN3O3/c12-8-3-6(14)5-15-11(8)19-10-4-7(16(17)18)1-2-9(10)13/h1-5H,14H2. The molecule has 0 spiro atoms. The number of nitro benzene ring substituents is 1. The second kappa shape index (κ2) is 5.41. The predicted octanol–water partition coefficient (Wildman–Crippen LogP) is 3.78. The first-order valence-electron chi connectivity index (χ1n) is 5.00. The molecule has 8 heteroatoms. The van der Waals surface area contributed by atoms with E-state index in [4.69, 9.17) is 22.1 Å².